The van der Waals surface area contributed by atoms with E-state index >= 15 is 0 Å². The van der Waals surface area contributed by atoms with Crippen LogP contribution in [-0.2, 0) is 0 Å². The predicted molar refractivity (Wildman–Crippen MR) is 110 cm³/mol. The molecule has 2 aromatic heterocycles. The van der Waals surface area contributed by atoms with Gasteiger partial charge < -0.3 is 9.80 Å². The van der Waals surface area contributed by atoms with E-state index in [4.69, 9.17) is 16.6 Å². The Balaban J connectivity index is 1.47. The third kappa shape index (κ3) is 3.53. The van der Waals surface area contributed by atoms with Gasteiger partial charge in [-0.3, -0.25) is 9.48 Å². The number of piperazine rings is 1. The van der Waals surface area contributed by atoms with Gasteiger partial charge in [-0.15, -0.1) is 0 Å². The Bertz CT molecular complexity index is 987. The van der Waals surface area contributed by atoms with E-state index in [0.29, 0.717) is 18.8 Å². The highest BCUT2D eigenvalue weighted by Crippen LogP contribution is 2.31. The topological polar surface area (TPSA) is 54.3 Å². The molecule has 1 aromatic carbocycles. The van der Waals surface area contributed by atoms with E-state index in [9.17, 15) is 4.79 Å². The van der Waals surface area contributed by atoms with Crippen molar-refractivity contribution in [3.63, 3.8) is 0 Å². The van der Waals surface area contributed by atoms with Crippen LogP contribution in [0.15, 0.2) is 24.3 Å². The number of nitrogens with zero attached hydrogens (tertiary/aromatic N) is 5. The lowest BCUT2D eigenvalue weighted by atomic mass is 10.2. The smallest absolute Gasteiger partial charge is 0.272 e. The van der Waals surface area contributed by atoms with Crippen molar-refractivity contribution >= 4 is 44.2 Å². The second-order valence-corrected chi connectivity index (χ2v) is 8.54. The summed E-state index contributed by atoms with van der Waals surface area (Å²) in [5, 5.41) is 6.17. The quantitative estimate of drug-likeness (QED) is 0.663. The molecule has 4 rings (SSSR count). The molecule has 0 spiro atoms. The number of anilines is 1. The Morgan fingerprint density at radius 3 is 2.63 bits per heavy atom. The second kappa shape index (κ2) is 7.13. The lowest BCUT2D eigenvalue weighted by molar-refractivity contribution is 0.0732. The van der Waals surface area contributed by atoms with Gasteiger partial charge in [-0.1, -0.05) is 22.9 Å². The molecule has 8 heteroatoms. The molecule has 0 aliphatic carbocycles. The number of aryl methyl sites for hydroxylation is 1. The number of benzene rings is 1. The van der Waals surface area contributed by atoms with E-state index in [-0.39, 0.29) is 11.9 Å². The predicted octanol–water partition coefficient (Wildman–Crippen LogP) is 4.00. The molecule has 0 atom stereocenters. The van der Waals surface area contributed by atoms with Gasteiger partial charge in [0.15, 0.2) is 5.13 Å². The highest BCUT2D eigenvalue weighted by molar-refractivity contribution is 7.22. The van der Waals surface area contributed by atoms with Crippen LogP contribution in [0.5, 0.6) is 0 Å². The molecule has 0 radical (unpaired) electrons. The summed E-state index contributed by atoms with van der Waals surface area (Å²) in [6, 6.07) is 7.81. The standard InChI is InChI=1S/C19H22ClN5OS/c1-12(2)25-16(10-13(3)22-25)18(26)23-6-8-24(9-7-23)19-21-15-5-4-14(20)11-17(15)27-19/h4-5,10-12H,6-9H2,1-3H3. The Labute approximate surface area is 167 Å². The lowest BCUT2D eigenvalue weighted by Gasteiger charge is -2.34. The minimum absolute atomic E-state index is 0.0556. The zero-order valence-electron chi connectivity index (χ0n) is 15.6. The summed E-state index contributed by atoms with van der Waals surface area (Å²) < 4.78 is 2.91. The SMILES string of the molecule is Cc1cc(C(=O)N2CCN(c3nc4ccc(Cl)cc4s3)CC2)n(C(C)C)n1. The highest BCUT2D eigenvalue weighted by atomic mass is 35.5. The van der Waals surface area contributed by atoms with Gasteiger partial charge in [0.05, 0.1) is 15.9 Å². The van der Waals surface area contributed by atoms with Gasteiger partial charge in [0.25, 0.3) is 5.91 Å². The summed E-state index contributed by atoms with van der Waals surface area (Å²) in [6.45, 7) is 8.91. The number of aromatic nitrogens is 3. The van der Waals surface area contributed by atoms with Crippen molar-refractivity contribution in [1.29, 1.82) is 0 Å². The maximum Gasteiger partial charge on any atom is 0.272 e. The summed E-state index contributed by atoms with van der Waals surface area (Å²) in [5.74, 6) is 0.0556. The van der Waals surface area contributed by atoms with Crippen LogP contribution in [0.1, 0.15) is 36.1 Å². The van der Waals surface area contributed by atoms with Crippen LogP contribution < -0.4 is 4.90 Å². The van der Waals surface area contributed by atoms with E-state index in [1.807, 2.05) is 54.6 Å². The fourth-order valence-electron chi connectivity index (χ4n) is 3.35. The van der Waals surface area contributed by atoms with Crippen molar-refractivity contribution in [1.82, 2.24) is 19.7 Å². The molecule has 3 aromatic rings. The van der Waals surface area contributed by atoms with Crippen molar-refractivity contribution in [3.8, 4) is 0 Å². The fraction of sp³-hybridized carbons (Fsp3) is 0.421. The van der Waals surface area contributed by atoms with E-state index < -0.39 is 0 Å². The van der Waals surface area contributed by atoms with Crippen LogP contribution in [-0.4, -0.2) is 51.8 Å². The van der Waals surface area contributed by atoms with Gasteiger partial charge in [0.1, 0.15) is 5.69 Å². The maximum absolute atomic E-state index is 13.0. The molecule has 1 aliphatic heterocycles. The van der Waals surface area contributed by atoms with E-state index in [1.54, 1.807) is 11.3 Å². The summed E-state index contributed by atoms with van der Waals surface area (Å²) in [4.78, 5) is 21.8. The molecule has 1 saturated heterocycles. The van der Waals surface area contributed by atoms with Gasteiger partial charge in [0, 0.05) is 37.2 Å². The Hall–Kier alpha value is -2.12. The summed E-state index contributed by atoms with van der Waals surface area (Å²) in [5.41, 5.74) is 2.51. The molecule has 142 valence electrons. The number of hydrogen-bond acceptors (Lipinski definition) is 5. The third-order valence-corrected chi connectivity index (χ3v) is 6.06. The number of hydrogen-bond donors (Lipinski definition) is 0. The van der Waals surface area contributed by atoms with Gasteiger partial charge in [-0.2, -0.15) is 5.10 Å². The first-order valence-corrected chi connectivity index (χ1v) is 10.3. The first kappa shape index (κ1) is 18.3. The lowest BCUT2D eigenvalue weighted by Crippen LogP contribution is -2.49. The summed E-state index contributed by atoms with van der Waals surface area (Å²) >= 11 is 7.72. The average molecular weight is 404 g/mol. The van der Waals surface area contributed by atoms with Crippen molar-refractivity contribution in [3.05, 3.63) is 40.7 Å². The number of carbonyl (C=O) groups is 1. The first-order valence-electron chi connectivity index (χ1n) is 9.09. The number of rotatable bonds is 3. The Kier molecular flexibility index (Phi) is 4.82. The average Bonchev–Trinajstić information content (AvgIpc) is 3.24. The molecule has 0 unspecified atom stereocenters. The van der Waals surface area contributed by atoms with E-state index in [1.165, 1.54) is 0 Å². The molecular weight excluding hydrogens is 382 g/mol. The number of amides is 1. The van der Waals surface area contributed by atoms with E-state index in [0.717, 1.165) is 39.2 Å². The van der Waals surface area contributed by atoms with Crippen LogP contribution >= 0.6 is 22.9 Å². The molecule has 0 saturated carbocycles. The monoisotopic (exact) mass is 403 g/mol. The largest absolute Gasteiger partial charge is 0.345 e. The molecular formula is C19H22ClN5OS. The number of carbonyl (C=O) groups excluding carboxylic acids is 1. The molecule has 0 bridgehead atoms. The zero-order valence-corrected chi connectivity index (χ0v) is 17.2. The van der Waals surface area contributed by atoms with Crippen LogP contribution in [0.4, 0.5) is 5.13 Å². The van der Waals surface area contributed by atoms with Crippen LogP contribution in [0.3, 0.4) is 0 Å². The Morgan fingerprint density at radius 2 is 1.93 bits per heavy atom. The number of fused-ring (bicyclic) bond motifs is 1. The van der Waals surface area contributed by atoms with Gasteiger partial charge in [-0.25, -0.2) is 4.98 Å². The third-order valence-electron chi connectivity index (χ3n) is 4.74. The molecule has 6 nitrogen and oxygen atoms in total. The summed E-state index contributed by atoms with van der Waals surface area (Å²) in [7, 11) is 0. The molecule has 0 N–H and O–H groups in total. The molecule has 27 heavy (non-hydrogen) atoms. The van der Waals surface area contributed by atoms with Crippen molar-refractivity contribution in [2.24, 2.45) is 0 Å². The van der Waals surface area contributed by atoms with Crippen molar-refractivity contribution in [2.75, 3.05) is 31.1 Å². The molecule has 3 heterocycles. The molecule has 1 amide bonds. The van der Waals surface area contributed by atoms with E-state index in [2.05, 4.69) is 10.00 Å². The number of halogens is 1. The second-order valence-electron chi connectivity index (χ2n) is 7.10. The van der Waals surface area contributed by atoms with Gasteiger partial charge in [-0.05, 0) is 45.0 Å². The number of thiazole rings is 1. The van der Waals surface area contributed by atoms with Crippen LogP contribution in [0.25, 0.3) is 10.2 Å². The zero-order chi connectivity index (χ0) is 19.1. The molecule has 1 aliphatic rings. The highest BCUT2D eigenvalue weighted by Gasteiger charge is 2.26. The van der Waals surface area contributed by atoms with Gasteiger partial charge >= 0.3 is 0 Å². The van der Waals surface area contributed by atoms with Crippen molar-refractivity contribution < 1.29 is 4.79 Å². The minimum atomic E-state index is 0.0556. The minimum Gasteiger partial charge on any atom is -0.345 e. The fourth-order valence-corrected chi connectivity index (χ4v) is 4.65. The van der Waals surface area contributed by atoms with Crippen molar-refractivity contribution in [2.45, 2.75) is 26.8 Å². The van der Waals surface area contributed by atoms with Crippen LogP contribution in [0, 0.1) is 6.92 Å². The maximum atomic E-state index is 13.0. The molecule has 1 fully saturated rings. The normalized spacial score (nSPS) is 15.1. The van der Waals surface area contributed by atoms with Gasteiger partial charge in [0.2, 0.25) is 0 Å². The summed E-state index contributed by atoms with van der Waals surface area (Å²) in [6.07, 6.45) is 0. The first-order chi connectivity index (χ1) is 12.9. The van der Waals surface area contributed by atoms with Crippen LogP contribution in [0.2, 0.25) is 5.02 Å². The Morgan fingerprint density at radius 1 is 1.19 bits per heavy atom.